The number of benzene rings is 1. The molecule has 0 saturated carbocycles. The number of fused-ring (bicyclic) bond motifs is 1. The molecule has 0 aliphatic rings. The largest absolute Gasteiger partial charge is 0.433 e. The molecule has 3 rings (SSSR count). The van der Waals surface area contributed by atoms with E-state index >= 15 is 0 Å². The molecule has 0 aliphatic heterocycles. The van der Waals surface area contributed by atoms with Crippen LogP contribution >= 0.6 is 11.6 Å². The zero-order valence-corrected chi connectivity index (χ0v) is 14.3. The van der Waals surface area contributed by atoms with Gasteiger partial charge in [0.25, 0.3) is 0 Å². The predicted octanol–water partition coefficient (Wildman–Crippen LogP) is 4.43. The minimum Gasteiger partial charge on any atom is -0.360 e. The van der Waals surface area contributed by atoms with Crippen LogP contribution in [0.15, 0.2) is 41.2 Å². The van der Waals surface area contributed by atoms with E-state index in [0.29, 0.717) is 10.6 Å². The third-order valence-corrected chi connectivity index (χ3v) is 3.90. The molecular weight excluding hydrogens is 414 g/mol. The number of para-hydroxylation sites is 1. The van der Waals surface area contributed by atoms with E-state index in [1.807, 2.05) is 5.32 Å². The standard InChI is InChI=1S/C16H9ClF6N4O/c17-9-3-1-2-4-10(9)27-13-8(5-6-11(25-13)16(21,22)23)12(26-14(27)28)24-7-15(18,19)20/h1-6H,7H2,(H,24,26,28). The molecule has 2 heterocycles. The van der Waals surface area contributed by atoms with Crippen LogP contribution in [0.1, 0.15) is 5.69 Å². The molecular formula is C16H9ClF6N4O. The zero-order chi connectivity index (χ0) is 20.7. The lowest BCUT2D eigenvalue weighted by molar-refractivity contribution is -0.141. The predicted molar refractivity (Wildman–Crippen MR) is 89.7 cm³/mol. The summed E-state index contributed by atoms with van der Waals surface area (Å²) in [6.45, 7) is -1.54. The molecule has 2 aromatic heterocycles. The number of rotatable bonds is 3. The molecule has 0 spiro atoms. The van der Waals surface area contributed by atoms with Crippen molar-refractivity contribution in [3.8, 4) is 5.69 Å². The van der Waals surface area contributed by atoms with Crippen LogP contribution in [0.2, 0.25) is 5.02 Å². The van der Waals surface area contributed by atoms with Crippen molar-refractivity contribution in [2.45, 2.75) is 12.4 Å². The van der Waals surface area contributed by atoms with Crippen molar-refractivity contribution in [3.63, 3.8) is 0 Å². The molecule has 1 aromatic carbocycles. The molecule has 0 atom stereocenters. The second-order valence-electron chi connectivity index (χ2n) is 5.56. The van der Waals surface area contributed by atoms with E-state index in [2.05, 4.69) is 9.97 Å². The van der Waals surface area contributed by atoms with E-state index in [1.54, 1.807) is 0 Å². The van der Waals surface area contributed by atoms with Crippen LogP contribution in [0.25, 0.3) is 16.7 Å². The molecule has 0 amide bonds. The summed E-state index contributed by atoms with van der Waals surface area (Å²) in [5, 5.41) is 1.72. The molecule has 148 valence electrons. The minimum atomic E-state index is -4.83. The summed E-state index contributed by atoms with van der Waals surface area (Å²) in [6, 6.07) is 7.21. The number of aromatic nitrogens is 3. The number of halogens is 7. The van der Waals surface area contributed by atoms with E-state index in [0.717, 1.165) is 6.07 Å². The lowest BCUT2D eigenvalue weighted by atomic mass is 10.2. The molecule has 5 nitrogen and oxygen atoms in total. The summed E-state index contributed by atoms with van der Waals surface area (Å²) in [5.41, 5.74) is -3.02. The Hall–Kier alpha value is -2.82. The van der Waals surface area contributed by atoms with Crippen LogP contribution in [0.3, 0.4) is 0 Å². The molecule has 0 radical (unpaired) electrons. The summed E-state index contributed by atoms with van der Waals surface area (Å²) < 4.78 is 77.5. The fourth-order valence-electron chi connectivity index (χ4n) is 2.43. The smallest absolute Gasteiger partial charge is 0.360 e. The van der Waals surface area contributed by atoms with Gasteiger partial charge in [0.1, 0.15) is 18.1 Å². The molecule has 1 N–H and O–H groups in total. The van der Waals surface area contributed by atoms with Gasteiger partial charge in [-0.15, -0.1) is 0 Å². The van der Waals surface area contributed by atoms with E-state index in [9.17, 15) is 31.1 Å². The fraction of sp³-hybridized carbons (Fsp3) is 0.188. The Morgan fingerprint density at radius 3 is 2.29 bits per heavy atom. The van der Waals surface area contributed by atoms with Gasteiger partial charge in [0, 0.05) is 0 Å². The van der Waals surface area contributed by atoms with Gasteiger partial charge in [-0.3, -0.25) is 0 Å². The Kier molecular flexibility index (Phi) is 4.96. The molecule has 0 saturated heterocycles. The Balaban J connectivity index is 2.32. The first-order chi connectivity index (χ1) is 13.0. The third kappa shape index (κ3) is 4.03. The van der Waals surface area contributed by atoms with E-state index in [-0.39, 0.29) is 16.1 Å². The normalized spacial score (nSPS) is 12.4. The van der Waals surface area contributed by atoms with Crippen molar-refractivity contribution in [3.05, 3.63) is 57.6 Å². The fourth-order valence-corrected chi connectivity index (χ4v) is 2.65. The maximum Gasteiger partial charge on any atom is 0.433 e. The van der Waals surface area contributed by atoms with Gasteiger partial charge < -0.3 is 5.32 Å². The highest BCUT2D eigenvalue weighted by Gasteiger charge is 2.33. The van der Waals surface area contributed by atoms with Crippen LogP contribution in [-0.2, 0) is 6.18 Å². The number of nitrogens with zero attached hydrogens (tertiary/aromatic N) is 3. The van der Waals surface area contributed by atoms with Gasteiger partial charge in [-0.2, -0.15) is 31.3 Å². The van der Waals surface area contributed by atoms with Gasteiger partial charge in [-0.1, -0.05) is 23.7 Å². The summed E-state index contributed by atoms with van der Waals surface area (Å²) in [7, 11) is 0. The van der Waals surface area contributed by atoms with Crippen molar-refractivity contribution < 1.29 is 26.3 Å². The number of nitrogens with one attached hydrogen (secondary N) is 1. The van der Waals surface area contributed by atoms with E-state index in [4.69, 9.17) is 11.6 Å². The second-order valence-corrected chi connectivity index (χ2v) is 5.97. The molecule has 0 aliphatic carbocycles. The molecule has 0 unspecified atom stereocenters. The number of pyridine rings is 1. The van der Waals surface area contributed by atoms with Crippen LogP contribution < -0.4 is 11.0 Å². The van der Waals surface area contributed by atoms with Crippen molar-refractivity contribution in [1.29, 1.82) is 0 Å². The molecule has 28 heavy (non-hydrogen) atoms. The SMILES string of the molecule is O=c1nc(NCC(F)(F)F)c2ccc(C(F)(F)F)nc2n1-c1ccccc1Cl. The Labute approximate surface area is 157 Å². The summed E-state index contributed by atoms with van der Waals surface area (Å²) >= 11 is 6.02. The van der Waals surface area contributed by atoms with Gasteiger partial charge in [-0.05, 0) is 24.3 Å². The Bertz CT molecular complexity index is 1090. The first-order valence-corrected chi connectivity index (χ1v) is 7.92. The van der Waals surface area contributed by atoms with Crippen molar-refractivity contribution in [1.82, 2.24) is 14.5 Å². The zero-order valence-electron chi connectivity index (χ0n) is 13.6. The van der Waals surface area contributed by atoms with Crippen LogP contribution in [0, 0.1) is 0 Å². The van der Waals surface area contributed by atoms with Gasteiger partial charge in [0.15, 0.2) is 5.65 Å². The van der Waals surface area contributed by atoms with Gasteiger partial charge >= 0.3 is 18.0 Å². The monoisotopic (exact) mass is 422 g/mol. The molecule has 0 bridgehead atoms. The molecule has 0 fully saturated rings. The van der Waals surface area contributed by atoms with Crippen molar-refractivity contribution in [2.75, 3.05) is 11.9 Å². The quantitative estimate of drug-likeness (QED) is 0.635. The third-order valence-electron chi connectivity index (χ3n) is 3.58. The highest BCUT2D eigenvalue weighted by atomic mass is 35.5. The van der Waals surface area contributed by atoms with Crippen LogP contribution in [0.4, 0.5) is 32.2 Å². The molecule has 3 aromatic rings. The highest BCUT2D eigenvalue weighted by molar-refractivity contribution is 6.32. The number of hydrogen-bond acceptors (Lipinski definition) is 4. The maximum atomic E-state index is 13.1. The molecule has 12 heteroatoms. The Morgan fingerprint density at radius 1 is 1.00 bits per heavy atom. The highest BCUT2D eigenvalue weighted by Crippen LogP contribution is 2.31. The summed E-state index contributed by atoms with van der Waals surface area (Å²) in [4.78, 5) is 19.4. The van der Waals surface area contributed by atoms with Crippen LogP contribution in [-0.4, -0.2) is 27.3 Å². The van der Waals surface area contributed by atoms with E-state index in [1.165, 1.54) is 24.3 Å². The number of alkyl halides is 6. The lowest BCUT2D eigenvalue weighted by Gasteiger charge is -2.16. The summed E-state index contributed by atoms with van der Waals surface area (Å²) in [6.07, 6.45) is -9.47. The van der Waals surface area contributed by atoms with Gasteiger partial charge in [-0.25, -0.2) is 14.3 Å². The van der Waals surface area contributed by atoms with Crippen LogP contribution in [0.5, 0.6) is 0 Å². The average molecular weight is 423 g/mol. The number of anilines is 1. The topological polar surface area (TPSA) is 59.8 Å². The first kappa shape index (κ1) is 19.9. The average Bonchev–Trinajstić information content (AvgIpc) is 2.59. The van der Waals surface area contributed by atoms with E-state index < -0.39 is 41.7 Å². The first-order valence-electron chi connectivity index (χ1n) is 7.54. The summed E-state index contributed by atoms with van der Waals surface area (Å²) in [5.74, 6) is -0.540. The van der Waals surface area contributed by atoms with Crippen molar-refractivity contribution >= 4 is 28.5 Å². The minimum absolute atomic E-state index is 0.0131. The second kappa shape index (κ2) is 6.97. The Morgan fingerprint density at radius 2 is 1.68 bits per heavy atom. The maximum absolute atomic E-state index is 13.1. The number of hydrogen-bond donors (Lipinski definition) is 1. The van der Waals surface area contributed by atoms with Gasteiger partial charge in [0.05, 0.1) is 16.1 Å². The lowest BCUT2D eigenvalue weighted by Crippen LogP contribution is -2.28. The van der Waals surface area contributed by atoms with Crippen molar-refractivity contribution in [2.24, 2.45) is 0 Å². The van der Waals surface area contributed by atoms with Gasteiger partial charge in [0.2, 0.25) is 0 Å².